The van der Waals surface area contributed by atoms with Crippen molar-refractivity contribution in [3.63, 3.8) is 0 Å². The lowest BCUT2D eigenvalue weighted by molar-refractivity contribution is 0.0361. The number of imidazole rings is 1. The first-order valence-corrected chi connectivity index (χ1v) is 6.12. The van der Waals surface area contributed by atoms with Crippen LogP contribution in [0.4, 0.5) is 0 Å². The first-order chi connectivity index (χ1) is 9.28. The van der Waals surface area contributed by atoms with Crippen LogP contribution in [0, 0.1) is 5.92 Å². The number of hydrogen-bond acceptors (Lipinski definition) is 4. The summed E-state index contributed by atoms with van der Waals surface area (Å²) < 4.78 is 1.78. The van der Waals surface area contributed by atoms with Crippen LogP contribution in [0.5, 0.6) is 0 Å². The van der Waals surface area contributed by atoms with Crippen molar-refractivity contribution in [1.82, 2.24) is 19.4 Å². The molecular formula is C13H14N4O2. The summed E-state index contributed by atoms with van der Waals surface area (Å²) in [7, 11) is 0. The lowest BCUT2D eigenvalue weighted by Gasteiger charge is -2.38. The van der Waals surface area contributed by atoms with E-state index in [-0.39, 0.29) is 18.4 Å². The summed E-state index contributed by atoms with van der Waals surface area (Å²) >= 11 is 0. The minimum absolute atomic E-state index is 0.0330. The molecule has 1 amide bonds. The highest BCUT2D eigenvalue weighted by molar-refractivity contribution is 5.94. The van der Waals surface area contributed by atoms with E-state index in [0.29, 0.717) is 18.7 Å². The molecule has 2 aromatic rings. The van der Waals surface area contributed by atoms with E-state index < -0.39 is 0 Å². The van der Waals surface area contributed by atoms with Gasteiger partial charge < -0.3 is 10.0 Å². The molecule has 0 unspecified atom stereocenters. The molecule has 0 aromatic carbocycles. The van der Waals surface area contributed by atoms with Gasteiger partial charge in [0.1, 0.15) is 12.1 Å². The number of aliphatic hydroxyl groups excluding tert-OH is 1. The third-order valence-corrected chi connectivity index (χ3v) is 3.27. The first-order valence-electron chi connectivity index (χ1n) is 6.12. The van der Waals surface area contributed by atoms with Crippen molar-refractivity contribution in [2.75, 3.05) is 19.7 Å². The van der Waals surface area contributed by atoms with Gasteiger partial charge >= 0.3 is 0 Å². The number of carbonyl (C=O) groups excluding carboxylic acids is 1. The molecule has 3 rings (SSSR count). The third-order valence-electron chi connectivity index (χ3n) is 3.27. The van der Waals surface area contributed by atoms with E-state index in [1.807, 2.05) is 0 Å². The largest absolute Gasteiger partial charge is 0.396 e. The van der Waals surface area contributed by atoms with Gasteiger partial charge in [0.2, 0.25) is 0 Å². The number of amides is 1. The number of carbonyl (C=O) groups is 1. The topological polar surface area (TPSA) is 71.2 Å². The maximum absolute atomic E-state index is 12.1. The predicted molar refractivity (Wildman–Crippen MR) is 67.8 cm³/mol. The minimum atomic E-state index is -0.0330. The lowest BCUT2D eigenvalue weighted by Crippen LogP contribution is -2.51. The second kappa shape index (κ2) is 4.81. The molecule has 1 N–H and O–H groups in total. The fourth-order valence-electron chi connectivity index (χ4n) is 2.09. The van der Waals surface area contributed by atoms with E-state index in [2.05, 4.69) is 9.97 Å². The van der Waals surface area contributed by atoms with Crippen LogP contribution >= 0.6 is 0 Å². The number of pyridine rings is 1. The van der Waals surface area contributed by atoms with Crippen LogP contribution < -0.4 is 0 Å². The Morgan fingerprint density at radius 3 is 2.84 bits per heavy atom. The van der Waals surface area contributed by atoms with E-state index in [9.17, 15) is 4.79 Å². The van der Waals surface area contributed by atoms with Gasteiger partial charge in [0.15, 0.2) is 0 Å². The van der Waals surface area contributed by atoms with Gasteiger partial charge in [0.05, 0.1) is 5.56 Å². The average Bonchev–Trinajstić information content (AvgIpc) is 2.91. The van der Waals surface area contributed by atoms with Crippen LogP contribution in [0.2, 0.25) is 0 Å². The Morgan fingerprint density at radius 1 is 1.42 bits per heavy atom. The highest BCUT2D eigenvalue weighted by Gasteiger charge is 2.30. The normalized spacial score (nSPS) is 15.3. The Bertz CT molecular complexity index is 559. The lowest BCUT2D eigenvalue weighted by atomic mass is 10.0. The molecule has 6 heteroatoms. The number of aromatic nitrogens is 3. The van der Waals surface area contributed by atoms with Crippen LogP contribution in [0.25, 0.3) is 5.82 Å². The van der Waals surface area contributed by atoms with Crippen LogP contribution in [-0.4, -0.2) is 50.1 Å². The predicted octanol–water partition coefficient (Wildman–Crippen LogP) is 0.332. The highest BCUT2D eigenvalue weighted by atomic mass is 16.3. The molecule has 1 aliphatic rings. The number of rotatable bonds is 3. The Labute approximate surface area is 110 Å². The SMILES string of the molecule is O=C(c1ccc(-n2ccnc2)nc1)N1CC(CO)C1. The van der Waals surface area contributed by atoms with Gasteiger partial charge in [-0.2, -0.15) is 0 Å². The molecule has 1 aliphatic heterocycles. The maximum Gasteiger partial charge on any atom is 0.255 e. The molecule has 3 heterocycles. The second-order valence-corrected chi connectivity index (χ2v) is 4.63. The summed E-state index contributed by atoms with van der Waals surface area (Å²) in [6.45, 7) is 1.39. The van der Waals surface area contributed by atoms with E-state index >= 15 is 0 Å². The third kappa shape index (κ3) is 2.22. The monoisotopic (exact) mass is 258 g/mol. The number of nitrogens with zero attached hydrogens (tertiary/aromatic N) is 4. The minimum Gasteiger partial charge on any atom is -0.396 e. The van der Waals surface area contributed by atoms with E-state index in [4.69, 9.17) is 5.11 Å². The molecule has 0 atom stereocenters. The number of aliphatic hydroxyl groups is 1. The van der Waals surface area contributed by atoms with Crippen LogP contribution in [-0.2, 0) is 0 Å². The fourth-order valence-corrected chi connectivity index (χ4v) is 2.09. The maximum atomic E-state index is 12.1. The molecule has 1 saturated heterocycles. The standard InChI is InChI=1S/C13H14N4O2/c18-8-10-6-17(7-10)13(19)11-1-2-12(15-5-11)16-4-3-14-9-16/h1-5,9-10,18H,6-8H2. The molecule has 19 heavy (non-hydrogen) atoms. The van der Waals surface area contributed by atoms with Crippen molar-refractivity contribution < 1.29 is 9.90 Å². The Morgan fingerprint density at radius 2 is 2.26 bits per heavy atom. The molecule has 6 nitrogen and oxygen atoms in total. The zero-order valence-corrected chi connectivity index (χ0v) is 10.3. The van der Waals surface area contributed by atoms with Crippen molar-refractivity contribution in [3.05, 3.63) is 42.6 Å². The van der Waals surface area contributed by atoms with Crippen molar-refractivity contribution in [3.8, 4) is 5.82 Å². The Balaban J connectivity index is 1.71. The summed E-state index contributed by atoms with van der Waals surface area (Å²) in [5.74, 6) is 0.919. The molecule has 98 valence electrons. The summed E-state index contributed by atoms with van der Waals surface area (Å²) in [4.78, 5) is 22.0. The summed E-state index contributed by atoms with van der Waals surface area (Å²) in [6, 6.07) is 3.55. The van der Waals surface area contributed by atoms with E-state index in [1.54, 1.807) is 46.5 Å². The molecule has 2 aromatic heterocycles. The van der Waals surface area contributed by atoms with E-state index in [0.717, 1.165) is 5.82 Å². The van der Waals surface area contributed by atoms with Gasteiger partial charge in [-0.3, -0.25) is 9.36 Å². The van der Waals surface area contributed by atoms with Crippen molar-refractivity contribution in [2.24, 2.45) is 5.92 Å². The molecule has 0 radical (unpaired) electrons. The van der Waals surface area contributed by atoms with Crippen LogP contribution in [0.1, 0.15) is 10.4 Å². The quantitative estimate of drug-likeness (QED) is 0.861. The first kappa shape index (κ1) is 11.9. The average molecular weight is 258 g/mol. The molecule has 0 spiro atoms. The molecule has 0 saturated carbocycles. The molecule has 1 fully saturated rings. The zero-order valence-electron chi connectivity index (χ0n) is 10.3. The van der Waals surface area contributed by atoms with Crippen molar-refractivity contribution >= 4 is 5.91 Å². The molecule has 0 aliphatic carbocycles. The van der Waals surface area contributed by atoms with Gasteiger partial charge in [-0.05, 0) is 12.1 Å². The van der Waals surface area contributed by atoms with Crippen molar-refractivity contribution in [2.45, 2.75) is 0 Å². The summed E-state index contributed by atoms with van der Waals surface area (Å²) in [5, 5.41) is 8.94. The number of likely N-dealkylation sites (tertiary alicyclic amines) is 1. The molecular weight excluding hydrogens is 244 g/mol. The smallest absolute Gasteiger partial charge is 0.255 e. The highest BCUT2D eigenvalue weighted by Crippen LogP contribution is 2.18. The van der Waals surface area contributed by atoms with Gasteiger partial charge in [-0.25, -0.2) is 9.97 Å². The van der Waals surface area contributed by atoms with Gasteiger partial charge in [0, 0.05) is 44.2 Å². The van der Waals surface area contributed by atoms with Crippen LogP contribution in [0.3, 0.4) is 0 Å². The molecule has 0 bridgehead atoms. The Hall–Kier alpha value is -2.21. The van der Waals surface area contributed by atoms with Crippen LogP contribution in [0.15, 0.2) is 37.1 Å². The number of hydrogen-bond donors (Lipinski definition) is 1. The summed E-state index contributed by atoms with van der Waals surface area (Å²) in [5.41, 5.74) is 0.570. The zero-order chi connectivity index (χ0) is 13.2. The van der Waals surface area contributed by atoms with E-state index in [1.165, 1.54) is 0 Å². The second-order valence-electron chi connectivity index (χ2n) is 4.63. The van der Waals surface area contributed by atoms with Gasteiger partial charge in [-0.15, -0.1) is 0 Å². The van der Waals surface area contributed by atoms with Gasteiger partial charge in [0.25, 0.3) is 5.91 Å². The summed E-state index contributed by atoms with van der Waals surface area (Å²) in [6.07, 6.45) is 6.70. The Kier molecular flexibility index (Phi) is 3.00. The fraction of sp³-hybridized carbons (Fsp3) is 0.308. The van der Waals surface area contributed by atoms with Crippen molar-refractivity contribution in [1.29, 1.82) is 0 Å². The van der Waals surface area contributed by atoms with Gasteiger partial charge in [-0.1, -0.05) is 0 Å².